The normalized spacial score (nSPS) is 16.1. The Hall–Kier alpha value is -2.57. The van der Waals surface area contributed by atoms with E-state index in [0.29, 0.717) is 24.7 Å². The first-order valence-corrected chi connectivity index (χ1v) is 10.6. The van der Waals surface area contributed by atoms with Crippen molar-refractivity contribution in [3.05, 3.63) is 58.5 Å². The van der Waals surface area contributed by atoms with Gasteiger partial charge in [-0.15, -0.1) is 11.3 Å². The average molecular weight is 412 g/mol. The fraction of sp³-hybridized carbons (Fsp3) is 0.348. The van der Waals surface area contributed by atoms with E-state index in [1.165, 1.54) is 11.3 Å². The van der Waals surface area contributed by atoms with Gasteiger partial charge >= 0.3 is 0 Å². The second-order valence-corrected chi connectivity index (χ2v) is 8.22. The van der Waals surface area contributed by atoms with Gasteiger partial charge in [-0.2, -0.15) is 0 Å². The van der Waals surface area contributed by atoms with Crippen molar-refractivity contribution in [2.24, 2.45) is 0 Å². The second kappa shape index (κ2) is 8.84. The fourth-order valence-electron chi connectivity index (χ4n) is 3.55. The Bertz CT molecular complexity index is 1010. The van der Waals surface area contributed by atoms with Crippen LogP contribution in [0.3, 0.4) is 0 Å². The molecular weight excluding hydrogens is 386 g/mol. The number of aryl methyl sites for hydroxylation is 1. The lowest BCUT2D eigenvalue weighted by atomic mass is 10.1. The summed E-state index contributed by atoms with van der Waals surface area (Å²) in [5, 5.41) is 4.16. The van der Waals surface area contributed by atoms with Crippen LogP contribution in [0.4, 0.5) is 0 Å². The van der Waals surface area contributed by atoms with Gasteiger partial charge in [0.15, 0.2) is 11.5 Å². The number of methoxy groups -OCH3 is 1. The predicted octanol–water partition coefficient (Wildman–Crippen LogP) is 4.71. The van der Waals surface area contributed by atoms with E-state index in [4.69, 9.17) is 14.2 Å². The van der Waals surface area contributed by atoms with E-state index in [2.05, 4.69) is 11.4 Å². The van der Waals surface area contributed by atoms with Gasteiger partial charge in [0.25, 0.3) is 5.91 Å². The molecule has 4 rings (SSSR count). The molecule has 0 aliphatic carbocycles. The molecule has 1 saturated heterocycles. The van der Waals surface area contributed by atoms with Gasteiger partial charge in [-0.25, -0.2) is 0 Å². The Morgan fingerprint density at radius 3 is 2.86 bits per heavy atom. The van der Waals surface area contributed by atoms with E-state index < -0.39 is 0 Å². The molecule has 1 atom stereocenters. The Morgan fingerprint density at radius 2 is 2.10 bits per heavy atom. The Balaban J connectivity index is 1.40. The first-order valence-electron chi connectivity index (χ1n) is 9.83. The standard InChI is InChI=1S/C23H25NO4S/c1-15-18-7-3-4-8-21(18)29-22(15)23(25)24-13-16-9-10-19(20(12-16)26-2)28-14-17-6-5-11-27-17/h3-4,7-10,12,17H,5-6,11,13-14H2,1-2H3,(H,24,25). The maximum absolute atomic E-state index is 12.7. The van der Waals surface area contributed by atoms with Crippen LogP contribution in [0, 0.1) is 6.92 Å². The number of hydrogen-bond acceptors (Lipinski definition) is 5. The van der Waals surface area contributed by atoms with Crippen molar-refractivity contribution in [3.63, 3.8) is 0 Å². The van der Waals surface area contributed by atoms with E-state index in [1.807, 2.05) is 43.3 Å². The molecule has 1 amide bonds. The summed E-state index contributed by atoms with van der Waals surface area (Å²) in [4.78, 5) is 13.5. The fourth-order valence-corrected chi connectivity index (χ4v) is 4.68. The summed E-state index contributed by atoms with van der Waals surface area (Å²) in [7, 11) is 1.62. The molecule has 0 spiro atoms. The van der Waals surface area contributed by atoms with Crippen LogP contribution in [-0.4, -0.2) is 32.3 Å². The molecule has 29 heavy (non-hydrogen) atoms. The minimum Gasteiger partial charge on any atom is -0.493 e. The second-order valence-electron chi connectivity index (χ2n) is 7.17. The number of hydrogen-bond donors (Lipinski definition) is 1. The number of rotatable bonds is 7. The number of amides is 1. The molecule has 5 nitrogen and oxygen atoms in total. The number of nitrogens with one attached hydrogen (secondary N) is 1. The van der Waals surface area contributed by atoms with Crippen LogP contribution in [0.1, 0.15) is 33.6 Å². The largest absolute Gasteiger partial charge is 0.493 e. The minimum atomic E-state index is -0.0543. The molecule has 2 heterocycles. The van der Waals surface area contributed by atoms with E-state index >= 15 is 0 Å². The molecule has 1 aromatic heterocycles. The summed E-state index contributed by atoms with van der Waals surface area (Å²) >= 11 is 1.53. The summed E-state index contributed by atoms with van der Waals surface area (Å²) in [6.45, 7) is 3.76. The highest BCUT2D eigenvalue weighted by Crippen LogP contribution is 2.31. The summed E-state index contributed by atoms with van der Waals surface area (Å²) < 4.78 is 18.1. The molecule has 1 aliphatic rings. The van der Waals surface area contributed by atoms with Crippen LogP contribution in [0.5, 0.6) is 11.5 Å². The van der Waals surface area contributed by atoms with Gasteiger partial charge in [0.2, 0.25) is 0 Å². The third-order valence-corrected chi connectivity index (χ3v) is 6.45. The van der Waals surface area contributed by atoms with Gasteiger partial charge in [-0.1, -0.05) is 24.3 Å². The zero-order valence-corrected chi connectivity index (χ0v) is 17.5. The first kappa shape index (κ1) is 19.7. The molecule has 0 radical (unpaired) electrons. The minimum absolute atomic E-state index is 0.0543. The molecule has 1 unspecified atom stereocenters. The Morgan fingerprint density at radius 1 is 1.24 bits per heavy atom. The summed E-state index contributed by atoms with van der Waals surface area (Å²) in [5.74, 6) is 1.30. The van der Waals surface area contributed by atoms with E-state index in [1.54, 1.807) is 7.11 Å². The van der Waals surface area contributed by atoms with Crippen molar-refractivity contribution in [2.75, 3.05) is 20.3 Å². The molecular formula is C23H25NO4S. The number of thiophene rings is 1. The molecule has 2 aromatic carbocycles. The number of carbonyl (C=O) groups excluding carboxylic acids is 1. The molecule has 3 aromatic rings. The summed E-state index contributed by atoms with van der Waals surface area (Å²) in [6, 6.07) is 13.8. The van der Waals surface area contributed by atoms with Gasteiger partial charge in [0.1, 0.15) is 6.61 Å². The van der Waals surface area contributed by atoms with Gasteiger partial charge in [-0.05, 0) is 54.5 Å². The average Bonchev–Trinajstić information content (AvgIpc) is 3.39. The quantitative estimate of drug-likeness (QED) is 0.612. The Kier molecular flexibility index (Phi) is 6.02. The highest BCUT2D eigenvalue weighted by molar-refractivity contribution is 7.21. The summed E-state index contributed by atoms with van der Waals surface area (Å²) in [5.41, 5.74) is 1.98. The lowest BCUT2D eigenvalue weighted by Gasteiger charge is -2.15. The molecule has 1 fully saturated rings. The number of fused-ring (bicyclic) bond motifs is 1. The topological polar surface area (TPSA) is 56.8 Å². The van der Waals surface area contributed by atoms with E-state index in [0.717, 1.165) is 45.5 Å². The third kappa shape index (κ3) is 4.38. The van der Waals surface area contributed by atoms with E-state index in [9.17, 15) is 4.79 Å². The zero-order valence-electron chi connectivity index (χ0n) is 16.7. The van der Waals surface area contributed by atoms with Gasteiger partial charge in [0.05, 0.1) is 18.1 Å². The number of ether oxygens (including phenoxy) is 3. The van der Waals surface area contributed by atoms with Crippen LogP contribution in [0.2, 0.25) is 0 Å². The SMILES string of the molecule is COc1cc(CNC(=O)c2sc3ccccc3c2C)ccc1OCC1CCCO1. The number of carbonyl (C=O) groups is 1. The summed E-state index contributed by atoms with van der Waals surface area (Å²) in [6.07, 6.45) is 2.27. The first-order chi connectivity index (χ1) is 14.2. The Labute approximate surface area is 174 Å². The third-order valence-electron chi connectivity index (χ3n) is 5.18. The predicted molar refractivity (Wildman–Crippen MR) is 115 cm³/mol. The number of benzene rings is 2. The van der Waals surface area contributed by atoms with Crippen LogP contribution in [-0.2, 0) is 11.3 Å². The lowest BCUT2D eigenvalue weighted by Crippen LogP contribution is -2.22. The molecule has 1 N–H and O–H groups in total. The maximum atomic E-state index is 12.7. The highest BCUT2D eigenvalue weighted by atomic mass is 32.1. The van der Waals surface area contributed by atoms with Gasteiger partial charge < -0.3 is 19.5 Å². The van der Waals surface area contributed by atoms with Crippen molar-refractivity contribution in [1.29, 1.82) is 0 Å². The van der Waals surface area contributed by atoms with Crippen molar-refractivity contribution < 1.29 is 19.0 Å². The lowest BCUT2D eigenvalue weighted by molar-refractivity contribution is 0.0669. The van der Waals surface area contributed by atoms with Crippen molar-refractivity contribution >= 4 is 27.3 Å². The van der Waals surface area contributed by atoms with Gasteiger partial charge in [-0.3, -0.25) is 4.79 Å². The van der Waals surface area contributed by atoms with E-state index in [-0.39, 0.29) is 12.0 Å². The molecule has 0 saturated carbocycles. The smallest absolute Gasteiger partial charge is 0.261 e. The van der Waals surface area contributed by atoms with Crippen molar-refractivity contribution in [1.82, 2.24) is 5.32 Å². The van der Waals surface area contributed by atoms with Gasteiger partial charge in [0, 0.05) is 17.9 Å². The molecule has 1 aliphatic heterocycles. The van der Waals surface area contributed by atoms with Crippen LogP contribution in [0.25, 0.3) is 10.1 Å². The monoisotopic (exact) mass is 411 g/mol. The van der Waals surface area contributed by atoms with Crippen molar-refractivity contribution in [3.8, 4) is 11.5 Å². The molecule has 152 valence electrons. The van der Waals surface area contributed by atoms with Crippen LogP contribution >= 0.6 is 11.3 Å². The van der Waals surface area contributed by atoms with Crippen molar-refractivity contribution in [2.45, 2.75) is 32.4 Å². The van der Waals surface area contributed by atoms with Crippen LogP contribution in [0.15, 0.2) is 42.5 Å². The zero-order chi connectivity index (χ0) is 20.2. The highest BCUT2D eigenvalue weighted by Gasteiger charge is 2.18. The molecule has 6 heteroatoms. The maximum Gasteiger partial charge on any atom is 0.261 e. The van der Waals surface area contributed by atoms with Crippen LogP contribution < -0.4 is 14.8 Å². The molecule has 0 bridgehead atoms.